The van der Waals surface area contributed by atoms with E-state index in [1.807, 2.05) is 0 Å². The number of carbonyl (C=O) groups is 1. The molecule has 0 aromatic heterocycles. The SMILES string of the molecule is Cc1cccc(C(=O)O)c1NCc1cc(F)ccc1F. The standard InChI is InChI=1S/C15H13F2NO2/c1-9-3-2-4-12(15(19)20)14(9)18-8-10-7-11(16)5-6-13(10)17/h2-7,18H,8H2,1H3,(H,19,20). The first-order chi connectivity index (χ1) is 9.49. The Morgan fingerprint density at radius 3 is 2.70 bits per heavy atom. The molecule has 0 saturated carbocycles. The maximum atomic E-state index is 13.5. The lowest BCUT2D eigenvalue weighted by molar-refractivity contribution is 0.0698. The molecule has 0 aliphatic carbocycles. The fraction of sp³-hybridized carbons (Fsp3) is 0.133. The van der Waals surface area contributed by atoms with Gasteiger partial charge in [-0.2, -0.15) is 0 Å². The van der Waals surface area contributed by atoms with Crippen LogP contribution in [0.5, 0.6) is 0 Å². The van der Waals surface area contributed by atoms with Crippen LogP contribution in [0, 0.1) is 18.6 Å². The van der Waals surface area contributed by atoms with Crippen molar-refractivity contribution in [3.63, 3.8) is 0 Å². The summed E-state index contributed by atoms with van der Waals surface area (Å²) in [6, 6.07) is 8.00. The van der Waals surface area contributed by atoms with Gasteiger partial charge in [0.25, 0.3) is 0 Å². The third-order valence-electron chi connectivity index (χ3n) is 2.97. The molecule has 0 unspecified atom stereocenters. The van der Waals surface area contributed by atoms with Crippen LogP contribution >= 0.6 is 0 Å². The van der Waals surface area contributed by atoms with Gasteiger partial charge in [-0.05, 0) is 36.8 Å². The number of aromatic carboxylic acids is 1. The van der Waals surface area contributed by atoms with Gasteiger partial charge in [-0.1, -0.05) is 12.1 Å². The molecular weight excluding hydrogens is 264 g/mol. The van der Waals surface area contributed by atoms with Gasteiger partial charge in [0, 0.05) is 12.1 Å². The van der Waals surface area contributed by atoms with Crippen LogP contribution in [-0.4, -0.2) is 11.1 Å². The van der Waals surface area contributed by atoms with Crippen molar-refractivity contribution in [3.8, 4) is 0 Å². The van der Waals surface area contributed by atoms with E-state index in [1.54, 1.807) is 19.1 Å². The number of hydrogen-bond acceptors (Lipinski definition) is 2. The Labute approximate surface area is 114 Å². The molecule has 3 nitrogen and oxygen atoms in total. The Hall–Kier alpha value is -2.43. The van der Waals surface area contributed by atoms with Crippen LogP contribution in [-0.2, 0) is 6.54 Å². The van der Waals surface area contributed by atoms with Gasteiger partial charge >= 0.3 is 5.97 Å². The molecule has 5 heteroatoms. The molecule has 2 aromatic rings. The maximum Gasteiger partial charge on any atom is 0.337 e. The molecule has 0 aliphatic heterocycles. The first-order valence-electron chi connectivity index (χ1n) is 5.99. The van der Waals surface area contributed by atoms with E-state index in [0.29, 0.717) is 5.69 Å². The van der Waals surface area contributed by atoms with E-state index in [2.05, 4.69) is 5.32 Å². The number of para-hydroxylation sites is 1. The summed E-state index contributed by atoms with van der Waals surface area (Å²) in [5, 5.41) is 12.0. The summed E-state index contributed by atoms with van der Waals surface area (Å²) >= 11 is 0. The van der Waals surface area contributed by atoms with E-state index in [4.69, 9.17) is 5.11 Å². The zero-order valence-electron chi connectivity index (χ0n) is 10.8. The van der Waals surface area contributed by atoms with Crippen LogP contribution in [0.2, 0.25) is 0 Å². The Balaban J connectivity index is 2.27. The Bertz CT molecular complexity index is 656. The van der Waals surface area contributed by atoms with Crippen molar-refractivity contribution < 1.29 is 18.7 Å². The van der Waals surface area contributed by atoms with Gasteiger partial charge in [-0.15, -0.1) is 0 Å². The van der Waals surface area contributed by atoms with Crippen molar-refractivity contribution >= 4 is 11.7 Å². The maximum absolute atomic E-state index is 13.5. The lowest BCUT2D eigenvalue weighted by Gasteiger charge is -2.13. The minimum atomic E-state index is -1.07. The van der Waals surface area contributed by atoms with Crippen LogP contribution < -0.4 is 5.32 Å². The summed E-state index contributed by atoms with van der Waals surface area (Å²) in [6.45, 7) is 1.76. The fourth-order valence-electron chi connectivity index (χ4n) is 1.94. The summed E-state index contributed by atoms with van der Waals surface area (Å²) in [5.41, 5.74) is 1.37. The summed E-state index contributed by atoms with van der Waals surface area (Å²) in [4.78, 5) is 11.1. The van der Waals surface area contributed by atoms with Crippen LogP contribution in [0.25, 0.3) is 0 Å². The van der Waals surface area contributed by atoms with Crippen LogP contribution in [0.3, 0.4) is 0 Å². The zero-order chi connectivity index (χ0) is 14.7. The largest absolute Gasteiger partial charge is 0.478 e. The molecule has 0 fully saturated rings. The molecule has 0 spiro atoms. The number of rotatable bonds is 4. The average Bonchev–Trinajstić information content (AvgIpc) is 2.40. The molecule has 0 atom stereocenters. The highest BCUT2D eigenvalue weighted by atomic mass is 19.1. The topological polar surface area (TPSA) is 49.3 Å². The molecule has 20 heavy (non-hydrogen) atoms. The quantitative estimate of drug-likeness (QED) is 0.898. The predicted octanol–water partition coefficient (Wildman–Crippen LogP) is 3.58. The molecular formula is C15H13F2NO2. The molecule has 2 rings (SSSR count). The summed E-state index contributed by atoms with van der Waals surface area (Å²) in [6.07, 6.45) is 0. The van der Waals surface area contributed by atoms with Crippen molar-refractivity contribution in [1.82, 2.24) is 0 Å². The number of carboxylic acids is 1. The van der Waals surface area contributed by atoms with E-state index in [-0.39, 0.29) is 17.7 Å². The number of benzene rings is 2. The molecule has 0 bridgehead atoms. The van der Waals surface area contributed by atoms with Crippen LogP contribution in [0.1, 0.15) is 21.5 Å². The third kappa shape index (κ3) is 2.93. The summed E-state index contributed by atoms with van der Waals surface area (Å²) < 4.78 is 26.6. The summed E-state index contributed by atoms with van der Waals surface area (Å²) in [7, 11) is 0. The van der Waals surface area contributed by atoms with Gasteiger partial charge in [0.15, 0.2) is 0 Å². The fourth-order valence-corrected chi connectivity index (χ4v) is 1.94. The number of hydrogen-bond donors (Lipinski definition) is 2. The summed E-state index contributed by atoms with van der Waals surface area (Å²) in [5.74, 6) is -2.15. The normalized spacial score (nSPS) is 10.3. The first-order valence-corrected chi connectivity index (χ1v) is 5.99. The monoisotopic (exact) mass is 277 g/mol. The minimum absolute atomic E-state index is 0.00866. The van der Waals surface area contributed by atoms with E-state index < -0.39 is 17.6 Å². The second-order valence-corrected chi connectivity index (χ2v) is 4.39. The highest BCUT2D eigenvalue weighted by Crippen LogP contribution is 2.22. The van der Waals surface area contributed by atoms with E-state index in [1.165, 1.54) is 6.07 Å². The van der Waals surface area contributed by atoms with Crippen molar-refractivity contribution in [3.05, 3.63) is 64.7 Å². The van der Waals surface area contributed by atoms with Crippen molar-refractivity contribution in [2.45, 2.75) is 13.5 Å². The van der Waals surface area contributed by atoms with Gasteiger partial charge in [-0.3, -0.25) is 0 Å². The van der Waals surface area contributed by atoms with E-state index in [9.17, 15) is 13.6 Å². The smallest absolute Gasteiger partial charge is 0.337 e. The highest BCUT2D eigenvalue weighted by molar-refractivity contribution is 5.95. The van der Waals surface area contributed by atoms with Gasteiger partial charge in [0.1, 0.15) is 11.6 Å². The highest BCUT2D eigenvalue weighted by Gasteiger charge is 2.12. The van der Waals surface area contributed by atoms with Gasteiger partial charge in [0.2, 0.25) is 0 Å². The minimum Gasteiger partial charge on any atom is -0.478 e. The van der Waals surface area contributed by atoms with E-state index >= 15 is 0 Å². The second kappa shape index (κ2) is 5.69. The molecule has 104 valence electrons. The molecule has 0 amide bonds. The predicted molar refractivity (Wildman–Crippen MR) is 71.8 cm³/mol. The van der Waals surface area contributed by atoms with Crippen molar-refractivity contribution in [2.24, 2.45) is 0 Å². The molecule has 0 aliphatic rings. The molecule has 0 saturated heterocycles. The van der Waals surface area contributed by atoms with Gasteiger partial charge < -0.3 is 10.4 Å². The van der Waals surface area contributed by atoms with Crippen molar-refractivity contribution in [2.75, 3.05) is 5.32 Å². The second-order valence-electron chi connectivity index (χ2n) is 4.39. The Morgan fingerprint density at radius 2 is 2.00 bits per heavy atom. The molecule has 2 aromatic carbocycles. The van der Waals surface area contributed by atoms with Gasteiger partial charge in [0.05, 0.1) is 11.3 Å². The lowest BCUT2D eigenvalue weighted by atomic mass is 10.1. The zero-order valence-corrected chi connectivity index (χ0v) is 10.8. The Kier molecular flexibility index (Phi) is 3.98. The first kappa shape index (κ1) is 14.0. The average molecular weight is 277 g/mol. The number of nitrogens with one attached hydrogen (secondary N) is 1. The Morgan fingerprint density at radius 1 is 1.25 bits per heavy atom. The van der Waals surface area contributed by atoms with Gasteiger partial charge in [-0.25, -0.2) is 13.6 Å². The molecule has 2 N–H and O–H groups in total. The lowest BCUT2D eigenvalue weighted by Crippen LogP contribution is -2.09. The number of halogens is 2. The number of aryl methyl sites for hydroxylation is 1. The van der Waals surface area contributed by atoms with Crippen molar-refractivity contribution in [1.29, 1.82) is 0 Å². The number of anilines is 1. The van der Waals surface area contributed by atoms with Crippen LogP contribution in [0.15, 0.2) is 36.4 Å². The van der Waals surface area contributed by atoms with E-state index in [0.717, 1.165) is 23.8 Å². The van der Waals surface area contributed by atoms with Crippen LogP contribution in [0.4, 0.5) is 14.5 Å². The number of carboxylic acid groups (broad SMARTS) is 1. The third-order valence-corrected chi connectivity index (χ3v) is 2.97. The molecule has 0 radical (unpaired) electrons. The molecule has 0 heterocycles.